The lowest BCUT2D eigenvalue weighted by Crippen LogP contribution is -2.29. The summed E-state index contributed by atoms with van der Waals surface area (Å²) in [7, 11) is 2.10. The van der Waals surface area contributed by atoms with Gasteiger partial charge in [0.25, 0.3) is 11.8 Å². The molecule has 8 heteroatoms. The van der Waals surface area contributed by atoms with Gasteiger partial charge in [0.2, 0.25) is 5.91 Å². The number of aromatic nitrogens is 1. The predicted molar refractivity (Wildman–Crippen MR) is 139 cm³/mol. The highest BCUT2D eigenvalue weighted by Gasteiger charge is 2.19. The molecule has 0 bridgehead atoms. The van der Waals surface area contributed by atoms with Crippen molar-refractivity contribution >= 4 is 34.3 Å². The Balaban J connectivity index is 1.24. The molecule has 182 valence electrons. The quantitative estimate of drug-likeness (QED) is 0.517. The zero-order valence-corrected chi connectivity index (χ0v) is 20.0. The van der Waals surface area contributed by atoms with Crippen molar-refractivity contribution in [3.05, 3.63) is 94.2 Å². The van der Waals surface area contributed by atoms with Crippen LogP contribution < -0.4 is 11.1 Å². The number of hydrogen-bond acceptors (Lipinski definition) is 4. The summed E-state index contributed by atoms with van der Waals surface area (Å²) < 4.78 is 0. The smallest absolute Gasteiger partial charge is 0.277 e. The molecule has 2 aliphatic rings. The van der Waals surface area contributed by atoms with E-state index in [0.717, 1.165) is 36.2 Å². The number of nitrogens with two attached hydrogens (primary N) is 1. The topological polar surface area (TPSA) is 121 Å². The van der Waals surface area contributed by atoms with Crippen LogP contribution in [0.15, 0.2) is 76.8 Å². The molecule has 36 heavy (non-hydrogen) atoms. The van der Waals surface area contributed by atoms with Gasteiger partial charge in [-0.05, 0) is 66.6 Å². The number of primary amides is 1. The average Bonchev–Trinajstić information content (AvgIpc) is 3.31. The summed E-state index contributed by atoms with van der Waals surface area (Å²) in [6.07, 6.45) is 5.76. The molecule has 0 saturated carbocycles. The normalized spacial score (nSPS) is 16.9. The van der Waals surface area contributed by atoms with E-state index in [1.54, 1.807) is 42.5 Å². The van der Waals surface area contributed by atoms with Gasteiger partial charge in [-0.2, -0.15) is 0 Å². The van der Waals surface area contributed by atoms with Crippen molar-refractivity contribution < 1.29 is 14.4 Å². The average molecular weight is 482 g/mol. The minimum absolute atomic E-state index is 0.251. The van der Waals surface area contributed by atoms with E-state index in [1.807, 2.05) is 12.1 Å². The van der Waals surface area contributed by atoms with Crippen LogP contribution in [0.5, 0.6) is 0 Å². The molecule has 0 saturated heterocycles. The van der Waals surface area contributed by atoms with Gasteiger partial charge in [0.15, 0.2) is 0 Å². The van der Waals surface area contributed by atoms with Gasteiger partial charge >= 0.3 is 0 Å². The van der Waals surface area contributed by atoms with Crippen LogP contribution in [0.2, 0.25) is 0 Å². The largest absolute Gasteiger partial charge is 0.366 e. The van der Waals surface area contributed by atoms with Gasteiger partial charge in [0.1, 0.15) is 5.69 Å². The van der Waals surface area contributed by atoms with Crippen molar-refractivity contribution in [1.82, 2.24) is 15.2 Å². The molecule has 5 rings (SSSR count). The Morgan fingerprint density at radius 2 is 1.94 bits per heavy atom. The fourth-order valence-electron chi connectivity index (χ4n) is 4.61. The van der Waals surface area contributed by atoms with Crippen LogP contribution in [0, 0.1) is 0 Å². The van der Waals surface area contributed by atoms with Crippen LogP contribution in [0.4, 0.5) is 0 Å². The van der Waals surface area contributed by atoms with Crippen molar-refractivity contribution in [3.63, 3.8) is 0 Å². The molecule has 1 aliphatic heterocycles. The van der Waals surface area contributed by atoms with Crippen LogP contribution in [0.3, 0.4) is 0 Å². The lowest BCUT2D eigenvalue weighted by molar-refractivity contribution is 0.0945. The number of H-pyrrole nitrogens is 1. The Labute approximate surface area is 208 Å². The van der Waals surface area contributed by atoms with Crippen LogP contribution >= 0.6 is 0 Å². The molecule has 0 spiro atoms. The Morgan fingerprint density at radius 1 is 1.08 bits per heavy atom. The van der Waals surface area contributed by atoms with Crippen molar-refractivity contribution in [1.29, 1.82) is 0 Å². The highest BCUT2D eigenvalue weighted by atomic mass is 16.2. The Hall–Kier alpha value is -4.30. The van der Waals surface area contributed by atoms with E-state index < -0.39 is 5.91 Å². The zero-order valence-electron chi connectivity index (χ0n) is 20.0. The van der Waals surface area contributed by atoms with Gasteiger partial charge in [-0.15, -0.1) is 0 Å². The number of amides is 3. The van der Waals surface area contributed by atoms with E-state index in [4.69, 9.17) is 5.73 Å². The van der Waals surface area contributed by atoms with Crippen molar-refractivity contribution in [2.45, 2.75) is 19.4 Å². The van der Waals surface area contributed by atoms with Gasteiger partial charge in [-0.1, -0.05) is 24.3 Å². The molecule has 0 radical (unpaired) electrons. The maximum absolute atomic E-state index is 12.9. The molecular weight excluding hydrogens is 454 g/mol. The van der Waals surface area contributed by atoms with Crippen LogP contribution in [0.25, 0.3) is 10.9 Å². The molecular formula is C28H27N5O3. The summed E-state index contributed by atoms with van der Waals surface area (Å²) >= 11 is 0. The fraction of sp³-hybridized carbons (Fsp3) is 0.214. The van der Waals surface area contributed by atoms with Crippen LogP contribution in [0.1, 0.15) is 49.6 Å². The maximum atomic E-state index is 12.9. The molecule has 0 fully saturated rings. The number of carbonyl (C=O) groups is 3. The number of aromatic amines is 1. The Bertz CT molecular complexity index is 1480. The molecule has 1 aromatic heterocycles. The molecule has 1 aliphatic carbocycles. The van der Waals surface area contributed by atoms with Gasteiger partial charge in [-0.3, -0.25) is 14.4 Å². The zero-order chi connectivity index (χ0) is 25.2. The van der Waals surface area contributed by atoms with Crippen LogP contribution in [-0.4, -0.2) is 53.5 Å². The first-order valence-corrected chi connectivity index (χ1v) is 11.8. The third kappa shape index (κ3) is 5.04. The second-order valence-corrected chi connectivity index (χ2v) is 9.27. The van der Waals surface area contributed by atoms with Crippen LogP contribution in [-0.2, 0) is 6.54 Å². The number of nitrogens with zero attached hydrogens (tertiary/aromatic N) is 2. The minimum Gasteiger partial charge on any atom is -0.366 e. The number of nitrogens with one attached hydrogen (secondary N) is 2. The number of likely N-dealkylation sites (N-methyl/N-ethyl adjacent to an activating group) is 1. The highest BCUT2D eigenvalue weighted by Crippen LogP contribution is 2.25. The Kier molecular flexibility index (Phi) is 6.35. The summed E-state index contributed by atoms with van der Waals surface area (Å²) in [5, 5.41) is 3.67. The molecule has 0 unspecified atom stereocenters. The standard InChI is InChI=1S/C28H27N5O3/c1-33-10-9-18-7-8-23(12-22(18)16-33)31-27(35)21-4-2-3-17(11-21)15-30-28(36)25-13-19-5-6-20(26(29)34)14-24(19)32-25/h2-8,11,13-14,32H,9-10,12,15-16H2,1H3,(H2,29,34)(H,30,36). The fourth-order valence-corrected chi connectivity index (χ4v) is 4.61. The maximum Gasteiger partial charge on any atom is 0.277 e. The molecule has 2 heterocycles. The highest BCUT2D eigenvalue weighted by molar-refractivity contribution is 6.09. The van der Waals surface area contributed by atoms with Gasteiger partial charge < -0.3 is 20.9 Å². The molecule has 8 nitrogen and oxygen atoms in total. The third-order valence-corrected chi connectivity index (χ3v) is 6.57. The molecule has 0 atom stereocenters. The lowest BCUT2D eigenvalue weighted by Gasteiger charge is -2.28. The lowest BCUT2D eigenvalue weighted by atomic mass is 9.91. The van der Waals surface area contributed by atoms with Gasteiger partial charge in [-0.25, -0.2) is 4.99 Å². The van der Waals surface area contributed by atoms with E-state index in [1.165, 1.54) is 11.1 Å². The van der Waals surface area contributed by atoms with Gasteiger partial charge in [0, 0.05) is 53.8 Å². The summed E-state index contributed by atoms with van der Waals surface area (Å²) in [4.78, 5) is 46.6. The molecule has 4 N–H and O–H groups in total. The van der Waals surface area contributed by atoms with E-state index >= 15 is 0 Å². The molecule has 2 aromatic carbocycles. The monoisotopic (exact) mass is 481 g/mol. The first kappa shape index (κ1) is 23.4. The second kappa shape index (κ2) is 9.75. The minimum atomic E-state index is -0.528. The van der Waals surface area contributed by atoms with Crippen molar-refractivity contribution in [2.24, 2.45) is 10.7 Å². The Morgan fingerprint density at radius 3 is 2.78 bits per heavy atom. The number of aliphatic imine (C=N–C) groups is 1. The predicted octanol–water partition coefficient (Wildman–Crippen LogP) is 3.37. The number of benzene rings is 2. The first-order valence-electron chi connectivity index (χ1n) is 11.8. The first-order chi connectivity index (χ1) is 17.4. The van der Waals surface area contributed by atoms with E-state index in [2.05, 4.69) is 33.3 Å². The second-order valence-electron chi connectivity index (χ2n) is 9.27. The van der Waals surface area contributed by atoms with E-state index in [9.17, 15) is 14.4 Å². The number of carbonyl (C=O) groups excluding carboxylic acids is 3. The van der Waals surface area contributed by atoms with Crippen molar-refractivity contribution in [3.8, 4) is 0 Å². The SMILES string of the molecule is CN1CCC2=C(CC(=NC(=O)c3cccc(CNC(=O)c4cc5ccc(C(N)=O)cc5[nH]4)c3)C=C2)C1. The number of rotatable bonds is 5. The number of hydrogen-bond donors (Lipinski definition) is 3. The summed E-state index contributed by atoms with van der Waals surface area (Å²) in [5.74, 6) is -1.12. The molecule has 3 amide bonds. The summed E-state index contributed by atoms with van der Waals surface area (Å²) in [6.45, 7) is 2.21. The number of allylic oxidation sites excluding steroid dienone is 2. The van der Waals surface area contributed by atoms with Crippen molar-refractivity contribution in [2.75, 3.05) is 20.1 Å². The van der Waals surface area contributed by atoms with E-state index in [0.29, 0.717) is 28.8 Å². The van der Waals surface area contributed by atoms with E-state index in [-0.39, 0.29) is 18.4 Å². The van der Waals surface area contributed by atoms with Gasteiger partial charge in [0.05, 0.1) is 0 Å². The summed E-state index contributed by atoms with van der Waals surface area (Å²) in [6, 6.07) is 13.8. The molecule has 3 aromatic rings. The number of fused-ring (bicyclic) bond motifs is 1. The third-order valence-electron chi connectivity index (χ3n) is 6.57. The summed E-state index contributed by atoms with van der Waals surface area (Å²) in [5.41, 5.74) is 11.5.